The first-order valence-electron chi connectivity index (χ1n) is 15.3. The molecule has 0 aliphatic carbocycles. The molecule has 2 aliphatic heterocycles. The van der Waals surface area contributed by atoms with Gasteiger partial charge in [0.15, 0.2) is 0 Å². The predicted molar refractivity (Wildman–Crippen MR) is 168 cm³/mol. The van der Waals surface area contributed by atoms with Crippen LogP contribution in [0.3, 0.4) is 0 Å². The molecule has 3 N–H and O–H groups in total. The van der Waals surface area contributed by atoms with Crippen LogP contribution in [0.1, 0.15) is 54.7 Å². The summed E-state index contributed by atoms with van der Waals surface area (Å²) in [6.07, 6.45) is 4.68. The van der Waals surface area contributed by atoms with E-state index in [1.807, 2.05) is 6.07 Å². The summed E-state index contributed by atoms with van der Waals surface area (Å²) < 4.78 is 2.12. The second-order valence-corrected chi connectivity index (χ2v) is 11.4. The Bertz CT molecular complexity index is 1350. The number of nitrogens with zero attached hydrogens (tertiary/aromatic N) is 5. The van der Waals surface area contributed by atoms with Gasteiger partial charge in [-0.2, -0.15) is 11.2 Å². The van der Waals surface area contributed by atoms with Gasteiger partial charge in [-0.1, -0.05) is 19.2 Å². The summed E-state index contributed by atoms with van der Waals surface area (Å²) in [6.45, 7) is 18.3. The normalized spacial score (nSPS) is 18.1. The summed E-state index contributed by atoms with van der Waals surface area (Å²) in [5, 5.41) is 15.2. The van der Waals surface area contributed by atoms with Crippen LogP contribution in [0.2, 0.25) is 0 Å². The van der Waals surface area contributed by atoms with Crippen molar-refractivity contribution < 1.29 is 51.2 Å². The smallest absolute Gasteiger partial charge is 0.290 e. The number of aromatic nitrogens is 3. The van der Waals surface area contributed by atoms with E-state index in [9.17, 15) is 0 Å². The van der Waals surface area contributed by atoms with E-state index in [1.165, 1.54) is 54.3 Å². The van der Waals surface area contributed by atoms with Gasteiger partial charge in [0.1, 0.15) is 0 Å². The van der Waals surface area contributed by atoms with Crippen LogP contribution in [0.4, 0.5) is 5.69 Å². The number of nitrogens with one attached hydrogen (secondary N) is 2. The molecular weight excluding hydrogens is 667 g/mol. The summed E-state index contributed by atoms with van der Waals surface area (Å²) in [4.78, 5) is 21.4. The first kappa shape index (κ1) is 35.4. The van der Waals surface area contributed by atoms with E-state index in [0.717, 1.165) is 62.7 Å². The van der Waals surface area contributed by atoms with Crippen LogP contribution in [0.25, 0.3) is 5.69 Å². The molecule has 0 spiro atoms. The van der Waals surface area contributed by atoms with E-state index in [4.69, 9.17) is 15.0 Å². The molecule has 2 saturated heterocycles. The first-order valence-corrected chi connectivity index (χ1v) is 15.3. The third kappa shape index (κ3) is 10.2. The Hall–Kier alpha value is -2.07. The molecule has 0 bridgehead atoms. The largest absolute Gasteiger partial charge is 0.483 e. The Morgan fingerprint density at radius 3 is 2.60 bits per heavy atom. The predicted octanol–water partition coefficient (Wildman–Crippen LogP) is 3.91. The summed E-state index contributed by atoms with van der Waals surface area (Å²) in [5.74, 6) is 1.25. The quantitative estimate of drug-likeness (QED) is 0.218. The Labute approximate surface area is 290 Å². The van der Waals surface area contributed by atoms with Crippen LogP contribution in [-0.4, -0.2) is 83.6 Å². The van der Waals surface area contributed by atoms with Gasteiger partial charge in [-0.25, -0.2) is 16.8 Å². The van der Waals surface area contributed by atoms with Gasteiger partial charge in [0.05, 0.1) is 11.4 Å². The van der Waals surface area contributed by atoms with E-state index in [-0.39, 0.29) is 47.8 Å². The number of carbonyl (C=O) groups is 1. The molecule has 2 atom stereocenters. The minimum absolute atomic E-state index is 0. The third-order valence-corrected chi connectivity index (χ3v) is 8.35. The molecule has 2 unspecified atom stereocenters. The van der Waals surface area contributed by atoms with E-state index in [0.29, 0.717) is 12.5 Å². The van der Waals surface area contributed by atoms with Crippen molar-refractivity contribution in [3.63, 3.8) is 0 Å². The average molecular weight is 715 g/mol. The molecule has 1 radical (unpaired) electrons. The fraction of sp³-hybridized carbons (Fsp3) is 0.515. The van der Waals surface area contributed by atoms with E-state index >= 15 is 0 Å². The molecule has 231 valence electrons. The molecule has 10 heteroatoms. The molecule has 0 amide bonds. The number of aryl methyl sites for hydroxylation is 3. The maximum absolute atomic E-state index is 8.36. The topological polar surface area (TPSA) is 102 Å². The van der Waals surface area contributed by atoms with Gasteiger partial charge in [-0.05, 0) is 87.7 Å². The second kappa shape index (κ2) is 18.0. The Morgan fingerprint density at radius 2 is 1.93 bits per heavy atom. The van der Waals surface area contributed by atoms with Gasteiger partial charge in [0.2, 0.25) is 0 Å². The zero-order chi connectivity index (χ0) is 29.9. The van der Waals surface area contributed by atoms with Crippen LogP contribution in [0.5, 0.6) is 0 Å². The molecule has 2 fully saturated rings. The van der Waals surface area contributed by atoms with Crippen LogP contribution in [0.15, 0.2) is 41.4 Å². The monoisotopic (exact) mass is 714 g/mol. The molecule has 5 rings (SSSR count). The molecule has 43 heavy (non-hydrogen) atoms. The Balaban J connectivity index is 0.00000121. The van der Waals surface area contributed by atoms with Crippen molar-refractivity contribution in [2.24, 2.45) is 10.9 Å². The number of rotatable bonds is 10. The summed E-state index contributed by atoms with van der Waals surface area (Å²) in [5.41, 5.74) is 8.26. The van der Waals surface area contributed by atoms with E-state index in [1.54, 1.807) is 0 Å². The number of H-pyrrole nitrogens is 1. The number of hydrogen-bond donors (Lipinski definition) is 3. The van der Waals surface area contributed by atoms with Gasteiger partial charge >= 0.3 is 0 Å². The maximum Gasteiger partial charge on any atom is 0.290 e. The summed E-state index contributed by atoms with van der Waals surface area (Å²) in [6, 6.07) is 16.6. The second-order valence-electron chi connectivity index (χ2n) is 11.4. The van der Waals surface area contributed by atoms with Crippen molar-refractivity contribution in [3.8, 4) is 5.69 Å². The Kier molecular flexibility index (Phi) is 14.9. The van der Waals surface area contributed by atoms with Crippen LogP contribution >= 0.6 is 0 Å². The van der Waals surface area contributed by atoms with E-state index < -0.39 is 0 Å². The molecule has 4 heterocycles. The minimum atomic E-state index is -0.250. The maximum atomic E-state index is 8.36. The number of hydrogen-bond acceptors (Lipinski definition) is 6. The van der Waals surface area contributed by atoms with Crippen molar-refractivity contribution in [2.45, 2.75) is 52.4 Å². The summed E-state index contributed by atoms with van der Waals surface area (Å²) >= 11 is 0. The SMILES string of the molecule is O=CO.[CH2-]CN=c1[c-]ccc(CCC2CCN(CC(CC)c3cc(N4CCNCC4)cc(-n4nc(C)cc4C)c3)C2)[nH]1.[Pr]. The van der Waals surface area contributed by atoms with Crippen molar-refractivity contribution in [3.05, 3.63) is 77.5 Å². The van der Waals surface area contributed by atoms with Crippen LogP contribution in [0, 0.1) is 74.0 Å². The number of anilines is 1. The molecule has 2 aliphatic rings. The van der Waals surface area contributed by atoms with Gasteiger partial charge in [-0.3, -0.25) is 4.79 Å². The van der Waals surface area contributed by atoms with Gasteiger partial charge in [0.25, 0.3) is 6.47 Å². The number of benzene rings is 1. The molecule has 2 aromatic heterocycles. The number of piperazine rings is 1. The van der Waals surface area contributed by atoms with Crippen molar-refractivity contribution in [1.82, 2.24) is 25.0 Å². The average Bonchev–Trinajstić information content (AvgIpc) is 3.60. The van der Waals surface area contributed by atoms with Crippen LogP contribution in [-0.2, 0) is 11.2 Å². The molecule has 0 saturated carbocycles. The van der Waals surface area contributed by atoms with Gasteiger partial charge in [-0.15, -0.1) is 0 Å². The zero-order valence-corrected chi connectivity index (χ0v) is 29.8. The standard InChI is InChI=1S/C32H45N7.CH2O2.Pr/c1-5-27(23-37-15-12-26(22-37)10-11-29-8-7-9-32(35-29)34-6-2)28-19-30(38-16-13-33-14-17-38)21-31(20-28)39-25(4)18-24(3)36-39;2-1-3;/h7-8,18-21,26-27,33H,2,5-6,10-17,22-23H2,1,3-4H3,(H,34,35);1H,(H,2,3);/q-2;;. The zero-order valence-electron chi connectivity index (χ0n) is 26.1. The Morgan fingerprint density at radius 1 is 1.19 bits per heavy atom. The molecule has 3 aromatic rings. The summed E-state index contributed by atoms with van der Waals surface area (Å²) in [7, 11) is 0. The third-order valence-electron chi connectivity index (χ3n) is 8.35. The van der Waals surface area contributed by atoms with Crippen molar-refractivity contribution in [2.75, 3.05) is 57.3 Å². The molecule has 9 nitrogen and oxygen atoms in total. The van der Waals surface area contributed by atoms with E-state index in [2.05, 4.69) is 93.9 Å². The number of pyridine rings is 1. The minimum Gasteiger partial charge on any atom is -0.483 e. The molecule has 1 aromatic carbocycles. The van der Waals surface area contributed by atoms with Gasteiger partial charge in [0, 0.05) is 97.4 Å². The number of aromatic amines is 1. The fourth-order valence-corrected chi connectivity index (χ4v) is 6.22. The first-order chi connectivity index (χ1) is 20.4. The number of carboxylic acid groups (broad SMARTS) is 1. The van der Waals surface area contributed by atoms with Crippen molar-refractivity contribution >= 4 is 12.2 Å². The van der Waals surface area contributed by atoms with Gasteiger partial charge < -0.3 is 37.1 Å². The number of likely N-dealkylation sites (tertiary alicyclic amines) is 1. The fourth-order valence-electron chi connectivity index (χ4n) is 6.22. The van der Waals surface area contributed by atoms with Crippen molar-refractivity contribution in [1.29, 1.82) is 0 Å². The van der Waals surface area contributed by atoms with Crippen LogP contribution < -0.4 is 15.7 Å². The molecular formula is C33H47N7O2Pr-2.